The number of thiazole rings is 1. The van der Waals surface area contributed by atoms with Crippen molar-refractivity contribution in [3.63, 3.8) is 0 Å². The molecule has 3 rings (SSSR count). The lowest BCUT2D eigenvalue weighted by Crippen LogP contribution is -2.27. The van der Waals surface area contributed by atoms with Crippen molar-refractivity contribution < 1.29 is 4.79 Å². The summed E-state index contributed by atoms with van der Waals surface area (Å²) in [6.07, 6.45) is 4.47. The second-order valence-electron chi connectivity index (χ2n) is 4.57. The number of rotatable bonds is 2. The average molecular weight is 262 g/mol. The Labute approximate surface area is 109 Å². The number of amides is 1. The largest absolute Gasteiger partial charge is 0.337 e. The molecule has 2 aromatic rings. The molecule has 1 N–H and O–H groups in total. The Bertz CT molecular complexity index is 548. The van der Waals surface area contributed by atoms with Crippen molar-refractivity contribution in [2.45, 2.75) is 19.3 Å². The smallest absolute Gasteiger partial charge is 0.265 e. The van der Waals surface area contributed by atoms with Crippen LogP contribution >= 0.6 is 11.3 Å². The van der Waals surface area contributed by atoms with Gasteiger partial charge in [-0.1, -0.05) is 0 Å². The van der Waals surface area contributed by atoms with Gasteiger partial charge in [-0.3, -0.25) is 14.9 Å². The van der Waals surface area contributed by atoms with Crippen molar-refractivity contribution in [2.75, 3.05) is 13.1 Å². The molecule has 0 aliphatic carbocycles. The van der Waals surface area contributed by atoms with E-state index in [0.29, 0.717) is 5.92 Å². The SMILES string of the molecule is Cc1cn[nH]c1C1CCN(C(=O)c2cncs2)C1. The Morgan fingerprint density at radius 3 is 3.11 bits per heavy atom. The van der Waals surface area contributed by atoms with Gasteiger partial charge in [-0.2, -0.15) is 5.10 Å². The molecule has 1 amide bonds. The summed E-state index contributed by atoms with van der Waals surface area (Å²) in [6, 6.07) is 0. The molecule has 2 aromatic heterocycles. The molecule has 0 aromatic carbocycles. The van der Waals surface area contributed by atoms with E-state index in [4.69, 9.17) is 0 Å². The Morgan fingerprint density at radius 2 is 2.44 bits per heavy atom. The third kappa shape index (κ3) is 1.92. The van der Waals surface area contributed by atoms with Crippen LogP contribution in [0, 0.1) is 6.92 Å². The highest BCUT2D eigenvalue weighted by molar-refractivity contribution is 7.11. The number of carbonyl (C=O) groups is 1. The number of nitrogens with zero attached hydrogens (tertiary/aromatic N) is 3. The summed E-state index contributed by atoms with van der Waals surface area (Å²) in [4.78, 5) is 18.8. The van der Waals surface area contributed by atoms with Crippen LogP contribution in [0.2, 0.25) is 0 Å². The molecular weight excluding hydrogens is 248 g/mol. The maximum absolute atomic E-state index is 12.2. The zero-order valence-electron chi connectivity index (χ0n) is 10.1. The van der Waals surface area contributed by atoms with Crippen LogP contribution in [0.5, 0.6) is 0 Å². The molecule has 1 aliphatic rings. The van der Waals surface area contributed by atoms with Crippen LogP contribution in [-0.2, 0) is 0 Å². The van der Waals surface area contributed by atoms with E-state index < -0.39 is 0 Å². The number of aryl methyl sites for hydroxylation is 1. The summed E-state index contributed by atoms with van der Waals surface area (Å²) < 4.78 is 0. The van der Waals surface area contributed by atoms with Crippen molar-refractivity contribution in [3.05, 3.63) is 34.0 Å². The van der Waals surface area contributed by atoms with Gasteiger partial charge in [-0.05, 0) is 18.9 Å². The fourth-order valence-corrected chi connectivity index (χ4v) is 3.01. The number of hydrogen-bond acceptors (Lipinski definition) is 4. The van der Waals surface area contributed by atoms with Crippen LogP contribution in [0.25, 0.3) is 0 Å². The third-order valence-electron chi connectivity index (χ3n) is 3.39. The number of hydrogen-bond donors (Lipinski definition) is 1. The molecule has 1 unspecified atom stereocenters. The number of aromatic nitrogens is 3. The molecule has 5 nitrogen and oxygen atoms in total. The number of carbonyl (C=O) groups excluding carboxylic acids is 1. The third-order valence-corrected chi connectivity index (χ3v) is 4.16. The predicted octanol–water partition coefficient (Wildman–Crippen LogP) is 1.80. The minimum atomic E-state index is 0.0946. The zero-order chi connectivity index (χ0) is 12.5. The van der Waals surface area contributed by atoms with Gasteiger partial charge in [0.2, 0.25) is 0 Å². The van der Waals surface area contributed by atoms with Gasteiger partial charge >= 0.3 is 0 Å². The molecule has 18 heavy (non-hydrogen) atoms. The fourth-order valence-electron chi connectivity index (χ4n) is 2.43. The van der Waals surface area contributed by atoms with E-state index in [1.165, 1.54) is 16.9 Å². The first-order chi connectivity index (χ1) is 8.75. The highest BCUT2D eigenvalue weighted by atomic mass is 32.1. The van der Waals surface area contributed by atoms with E-state index in [-0.39, 0.29) is 5.91 Å². The van der Waals surface area contributed by atoms with E-state index in [9.17, 15) is 4.79 Å². The Morgan fingerprint density at radius 1 is 1.56 bits per heavy atom. The van der Waals surface area contributed by atoms with E-state index >= 15 is 0 Å². The van der Waals surface area contributed by atoms with E-state index in [1.807, 2.05) is 18.0 Å². The van der Waals surface area contributed by atoms with E-state index in [0.717, 1.165) is 30.1 Å². The maximum Gasteiger partial charge on any atom is 0.265 e. The van der Waals surface area contributed by atoms with Crippen LogP contribution in [0.15, 0.2) is 17.9 Å². The van der Waals surface area contributed by atoms with Gasteiger partial charge < -0.3 is 4.90 Å². The minimum Gasteiger partial charge on any atom is -0.337 e. The molecule has 94 valence electrons. The Balaban J connectivity index is 1.73. The lowest BCUT2D eigenvalue weighted by Gasteiger charge is -2.15. The monoisotopic (exact) mass is 262 g/mol. The summed E-state index contributed by atoms with van der Waals surface area (Å²) in [5.74, 6) is 0.474. The minimum absolute atomic E-state index is 0.0946. The van der Waals surface area contributed by atoms with Crippen molar-refractivity contribution >= 4 is 17.2 Å². The first-order valence-electron chi connectivity index (χ1n) is 5.93. The van der Waals surface area contributed by atoms with Crippen LogP contribution in [0.1, 0.15) is 33.3 Å². The number of nitrogens with one attached hydrogen (secondary N) is 1. The normalized spacial score (nSPS) is 19.4. The summed E-state index contributed by atoms with van der Waals surface area (Å²) in [7, 11) is 0. The van der Waals surface area contributed by atoms with Gasteiger partial charge in [-0.25, -0.2) is 0 Å². The Hall–Kier alpha value is -1.69. The number of H-pyrrole nitrogens is 1. The highest BCUT2D eigenvalue weighted by Crippen LogP contribution is 2.28. The molecule has 3 heterocycles. The van der Waals surface area contributed by atoms with Crippen LogP contribution in [0.3, 0.4) is 0 Å². The molecule has 1 aliphatic heterocycles. The summed E-state index contributed by atoms with van der Waals surface area (Å²) in [6.45, 7) is 3.62. The highest BCUT2D eigenvalue weighted by Gasteiger charge is 2.30. The van der Waals surface area contributed by atoms with Crippen LogP contribution in [0.4, 0.5) is 0 Å². The van der Waals surface area contributed by atoms with Crippen molar-refractivity contribution in [1.29, 1.82) is 0 Å². The molecule has 0 spiro atoms. The second kappa shape index (κ2) is 4.53. The summed E-state index contributed by atoms with van der Waals surface area (Å²) in [5.41, 5.74) is 4.03. The predicted molar refractivity (Wildman–Crippen MR) is 68.7 cm³/mol. The van der Waals surface area contributed by atoms with Crippen molar-refractivity contribution in [2.24, 2.45) is 0 Å². The molecule has 1 atom stereocenters. The van der Waals surface area contributed by atoms with Crippen LogP contribution < -0.4 is 0 Å². The molecule has 1 fully saturated rings. The topological polar surface area (TPSA) is 61.9 Å². The van der Waals surface area contributed by atoms with Gasteiger partial charge in [0.05, 0.1) is 17.9 Å². The first-order valence-corrected chi connectivity index (χ1v) is 6.81. The molecule has 0 radical (unpaired) electrons. The van der Waals surface area contributed by atoms with Gasteiger partial charge in [-0.15, -0.1) is 11.3 Å². The summed E-state index contributed by atoms with van der Waals surface area (Å²) in [5, 5.41) is 7.09. The summed E-state index contributed by atoms with van der Waals surface area (Å²) >= 11 is 1.40. The Kier molecular flexibility index (Phi) is 2.87. The van der Waals surface area contributed by atoms with E-state index in [1.54, 1.807) is 11.7 Å². The second-order valence-corrected chi connectivity index (χ2v) is 5.46. The van der Waals surface area contributed by atoms with E-state index in [2.05, 4.69) is 15.2 Å². The average Bonchev–Trinajstić information content (AvgIpc) is 3.09. The molecule has 1 saturated heterocycles. The zero-order valence-corrected chi connectivity index (χ0v) is 10.9. The maximum atomic E-state index is 12.2. The quantitative estimate of drug-likeness (QED) is 0.897. The van der Waals surface area contributed by atoms with Crippen LogP contribution in [-0.4, -0.2) is 39.1 Å². The number of likely N-dealkylation sites (tertiary alicyclic amines) is 1. The van der Waals surface area contributed by atoms with Gasteiger partial charge in [0.15, 0.2) is 0 Å². The van der Waals surface area contributed by atoms with Crippen molar-refractivity contribution in [3.8, 4) is 0 Å². The first kappa shape index (κ1) is 11.4. The lowest BCUT2D eigenvalue weighted by molar-refractivity contribution is 0.0795. The molecule has 0 saturated carbocycles. The number of aromatic amines is 1. The molecule has 6 heteroatoms. The van der Waals surface area contributed by atoms with Crippen molar-refractivity contribution in [1.82, 2.24) is 20.1 Å². The van der Waals surface area contributed by atoms with Gasteiger partial charge in [0.1, 0.15) is 4.88 Å². The molecular formula is C12H14N4OS. The van der Waals surface area contributed by atoms with Gasteiger partial charge in [0.25, 0.3) is 5.91 Å². The molecule has 0 bridgehead atoms. The van der Waals surface area contributed by atoms with Gasteiger partial charge in [0, 0.05) is 24.7 Å². The lowest BCUT2D eigenvalue weighted by atomic mass is 10.0. The standard InChI is InChI=1S/C12H14N4OS/c1-8-4-14-15-11(8)9-2-3-16(6-9)12(17)10-5-13-7-18-10/h4-5,7,9H,2-3,6H2,1H3,(H,14,15). The fraction of sp³-hybridized carbons (Fsp3) is 0.417.